The number of ether oxygens (including phenoxy) is 1. The van der Waals surface area contributed by atoms with Crippen molar-refractivity contribution in [3.8, 4) is 0 Å². The SMILES string of the molecule is Cc1ccc(C(=O)OCC(=O)N2c3ccccc3NC(=O)C2(C)C)s1. The summed E-state index contributed by atoms with van der Waals surface area (Å²) in [4.78, 5) is 40.0. The fourth-order valence-corrected chi connectivity index (χ4v) is 3.47. The topological polar surface area (TPSA) is 75.7 Å². The van der Waals surface area contributed by atoms with E-state index < -0.39 is 24.0 Å². The van der Waals surface area contributed by atoms with Gasteiger partial charge in [-0.1, -0.05) is 12.1 Å². The molecule has 6 nitrogen and oxygen atoms in total. The van der Waals surface area contributed by atoms with E-state index in [2.05, 4.69) is 5.32 Å². The van der Waals surface area contributed by atoms with Gasteiger partial charge < -0.3 is 10.1 Å². The summed E-state index contributed by atoms with van der Waals surface area (Å²) in [6.07, 6.45) is 0. The molecule has 1 N–H and O–H groups in total. The summed E-state index contributed by atoms with van der Waals surface area (Å²) in [6.45, 7) is 4.76. The number of nitrogens with zero attached hydrogens (tertiary/aromatic N) is 1. The number of para-hydroxylation sites is 2. The van der Waals surface area contributed by atoms with E-state index in [9.17, 15) is 14.4 Å². The number of hydrogen-bond donors (Lipinski definition) is 1. The number of esters is 1. The summed E-state index contributed by atoms with van der Waals surface area (Å²) in [5.41, 5.74) is 0.0534. The minimum absolute atomic E-state index is 0.292. The van der Waals surface area contributed by atoms with Crippen LogP contribution in [-0.4, -0.2) is 29.9 Å². The van der Waals surface area contributed by atoms with Crippen molar-refractivity contribution in [3.05, 3.63) is 46.2 Å². The lowest BCUT2D eigenvalue weighted by Crippen LogP contribution is -2.59. The van der Waals surface area contributed by atoms with E-state index in [0.717, 1.165) is 4.88 Å². The van der Waals surface area contributed by atoms with Crippen LogP contribution in [0.2, 0.25) is 0 Å². The Balaban J connectivity index is 1.80. The van der Waals surface area contributed by atoms with Crippen LogP contribution < -0.4 is 10.2 Å². The number of rotatable bonds is 3. The average Bonchev–Trinajstić information content (AvgIpc) is 3.00. The van der Waals surface area contributed by atoms with Gasteiger partial charge in [0, 0.05) is 4.88 Å². The second-order valence-electron chi connectivity index (χ2n) is 6.25. The molecule has 1 aromatic carbocycles. The molecule has 2 amide bonds. The number of hydrogen-bond acceptors (Lipinski definition) is 5. The van der Waals surface area contributed by atoms with Crippen molar-refractivity contribution >= 4 is 40.5 Å². The van der Waals surface area contributed by atoms with E-state index in [4.69, 9.17) is 4.74 Å². The van der Waals surface area contributed by atoms with Gasteiger partial charge in [-0.3, -0.25) is 14.5 Å². The van der Waals surface area contributed by atoms with E-state index in [1.165, 1.54) is 16.2 Å². The lowest BCUT2D eigenvalue weighted by molar-refractivity contribution is -0.128. The minimum atomic E-state index is -1.09. The average molecular weight is 358 g/mol. The highest BCUT2D eigenvalue weighted by Crippen LogP contribution is 2.36. The third kappa shape index (κ3) is 3.15. The number of fused-ring (bicyclic) bond motifs is 1. The van der Waals surface area contributed by atoms with Crippen molar-refractivity contribution in [1.82, 2.24) is 0 Å². The smallest absolute Gasteiger partial charge is 0.348 e. The van der Waals surface area contributed by atoms with Crippen LogP contribution in [0.15, 0.2) is 36.4 Å². The molecule has 130 valence electrons. The Morgan fingerprint density at radius 1 is 1.20 bits per heavy atom. The number of carbonyl (C=O) groups excluding carboxylic acids is 3. The molecule has 0 radical (unpaired) electrons. The van der Waals surface area contributed by atoms with Crippen LogP contribution in [-0.2, 0) is 14.3 Å². The Kier molecular flexibility index (Phi) is 4.34. The number of amides is 2. The second-order valence-corrected chi connectivity index (χ2v) is 7.53. The Hall–Kier alpha value is -2.67. The van der Waals surface area contributed by atoms with Gasteiger partial charge >= 0.3 is 5.97 Å². The predicted molar refractivity (Wildman–Crippen MR) is 96.0 cm³/mol. The van der Waals surface area contributed by atoms with Crippen molar-refractivity contribution < 1.29 is 19.1 Å². The van der Waals surface area contributed by atoms with Crippen molar-refractivity contribution in [1.29, 1.82) is 0 Å². The fourth-order valence-electron chi connectivity index (χ4n) is 2.71. The first-order valence-electron chi connectivity index (χ1n) is 7.78. The first-order chi connectivity index (χ1) is 11.8. The van der Waals surface area contributed by atoms with Gasteiger partial charge in [0.25, 0.3) is 5.91 Å². The van der Waals surface area contributed by atoms with Crippen molar-refractivity contribution in [3.63, 3.8) is 0 Å². The zero-order valence-electron chi connectivity index (χ0n) is 14.2. The van der Waals surface area contributed by atoms with Crippen LogP contribution in [0.25, 0.3) is 0 Å². The van der Waals surface area contributed by atoms with Crippen molar-refractivity contribution in [2.75, 3.05) is 16.8 Å². The summed E-state index contributed by atoms with van der Waals surface area (Å²) < 4.78 is 5.15. The molecule has 0 saturated carbocycles. The molecule has 1 aliphatic heterocycles. The quantitative estimate of drug-likeness (QED) is 0.856. The minimum Gasteiger partial charge on any atom is -0.451 e. The predicted octanol–water partition coefficient (Wildman–Crippen LogP) is 2.98. The van der Waals surface area contributed by atoms with Crippen LogP contribution in [0, 0.1) is 6.92 Å². The van der Waals surface area contributed by atoms with Crippen molar-refractivity contribution in [2.24, 2.45) is 0 Å². The molecule has 1 aliphatic rings. The molecule has 7 heteroatoms. The monoisotopic (exact) mass is 358 g/mol. The van der Waals surface area contributed by atoms with Gasteiger partial charge in [-0.05, 0) is 45.0 Å². The molecule has 25 heavy (non-hydrogen) atoms. The van der Waals surface area contributed by atoms with Gasteiger partial charge in [0.2, 0.25) is 5.91 Å². The Morgan fingerprint density at radius 2 is 1.92 bits per heavy atom. The zero-order valence-corrected chi connectivity index (χ0v) is 15.0. The van der Waals surface area contributed by atoms with Gasteiger partial charge in [-0.15, -0.1) is 11.3 Å². The Morgan fingerprint density at radius 3 is 2.60 bits per heavy atom. The third-order valence-corrected chi connectivity index (χ3v) is 5.01. The highest BCUT2D eigenvalue weighted by Gasteiger charge is 2.43. The third-order valence-electron chi connectivity index (χ3n) is 4.03. The molecule has 3 rings (SSSR count). The fraction of sp³-hybridized carbons (Fsp3) is 0.278. The summed E-state index contributed by atoms with van der Waals surface area (Å²) >= 11 is 1.31. The standard InChI is InChI=1S/C18H18N2O4S/c1-11-8-9-14(25-11)16(22)24-10-15(21)20-13-7-5-4-6-12(13)19-17(23)18(20,2)3/h4-9H,10H2,1-3H3,(H,19,23). The molecule has 0 spiro atoms. The normalized spacial score (nSPS) is 15.3. The van der Waals surface area contributed by atoms with Gasteiger partial charge in [0.15, 0.2) is 6.61 Å². The zero-order chi connectivity index (χ0) is 18.2. The molecule has 0 fully saturated rings. The van der Waals surface area contributed by atoms with E-state index in [-0.39, 0.29) is 5.91 Å². The molecular weight excluding hydrogens is 340 g/mol. The van der Waals surface area contributed by atoms with Crippen molar-refractivity contribution in [2.45, 2.75) is 26.3 Å². The van der Waals surface area contributed by atoms with Crippen LogP contribution >= 0.6 is 11.3 Å². The van der Waals surface area contributed by atoms with E-state index in [1.807, 2.05) is 13.0 Å². The van der Waals surface area contributed by atoms with E-state index in [1.54, 1.807) is 44.2 Å². The Labute approximate surface area is 149 Å². The maximum Gasteiger partial charge on any atom is 0.348 e. The molecule has 2 heterocycles. The lowest BCUT2D eigenvalue weighted by Gasteiger charge is -2.41. The van der Waals surface area contributed by atoms with E-state index >= 15 is 0 Å². The molecule has 0 aliphatic carbocycles. The number of aryl methyl sites for hydroxylation is 1. The van der Waals surface area contributed by atoms with Crippen LogP contribution in [0.3, 0.4) is 0 Å². The number of benzene rings is 1. The molecule has 0 saturated heterocycles. The highest BCUT2D eigenvalue weighted by atomic mass is 32.1. The molecular formula is C18H18N2O4S. The maximum atomic E-state index is 12.7. The first-order valence-corrected chi connectivity index (χ1v) is 8.59. The summed E-state index contributed by atoms with van der Waals surface area (Å²) in [7, 11) is 0. The van der Waals surface area contributed by atoms with Crippen LogP contribution in [0.1, 0.15) is 28.4 Å². The van der Waals surface area contributed by atoms with Gasteiger partial charge in [0.1, 0.15) is 10.4 Å². The highest BCUT2D eigenvalue weighted by molar-refractivity contribution is 7.13. The van der Waals surface area contributed by atoms with Gasteiger partial charge in [-0.2, -0.15) is 0 Å². The molecule has 1 aromatic heterocycles. The molecule has 0 unspecified atom stereocenters. The summed E-state index contributed by atoms with van der Waals surface area (Å²) in [6, 6.07) is 10.5. The second kappa shape index (κ2) is 6.33. The molecule has 0 bridgehead atoms. The Bertz CT molecular complexity index is 856. The number of carbonyl (C=O) groups is 3. The molecule has 2 aromatic rings. The summed E-state index contributed by atoms with van der Waals surface area (Å²) in [5, 5.41) is 2.79. The largest absolute Gasteiger partial charge is 0.451 e. The number of anilines is 2. The van der Waals surface area contributed by atoms with Crippen LogP contribution in [0.4, 0.5) is 11.4 Å². The first kappa shape index (κ1) is 17.2. The molecule has 0 atom stereocenters. The number of thiophene rings is 1. The lowest BCUT2D eigenvalue weighted by atomic mass is 9.96. The van der Waals surface area contributed by atoms with E-state index in [0.29, 0.717) is 16.3 Å². The maximum absolute atomic E-state index is 12.7. The number of nitrogens with one attached hydrogen (secondary N) is 1. The van der Waals surface area contributed by atoms with Crippen LogP contribution in [0.5, 0.6) is 0 Å². The summed E-state index contributed by atoms with van der Waals surface area (Å²) in [5.74, 6) is -1.28. The van der Waals surface area contributed by atoms with Gasteiger partial charge in [-0.25, -0.2) is 4.79 Å². The van der Waals surface area contributed by atoms with Gasteiger partial charge in [0.05, 0.1) is 11.4 Å².